The Balaban J connectivity index is 0. The van der Waals surface area contributed by atoms with Gasteiger partial charge in [0.15, 0.2) is 0 Å². The summed E-state index contributed by atoms with van der Waals surface area (Å²) < 4.78 is 1.28. The van der Waals surface area contributed by atoms with Crippen LogP contribution in [-0.4, -0.2) is 35.9 Å². The molecule has 4 heteroatoms. The van der Waals surface area contributed by atoms with Crippen LogP contribution < -0.4 is 12.4 Å². The van der Waals surface area contributed by atoms with Crippen molar-refractivity contribution in [3.63, 3.8) is 0 Å². The van der Waals surface area contributed by atoms with E-state index in [-0.39, 0.29) is 17.6 Å². The SMILES string of the molecule is CC[N+](CC)(CC)CCCCCCCCCCC(=O)Cl.[Cl-]. The first-order chi connectivity index (χ1) is 9.60. The second-order valence-corrected chi connectivity index (χ2v) is 6.37. The van der Waals surface area contributed by atoms with Crippen LogP contribution >= 0.6 is 11.6 Å². The Morgan fingerprint density at radius 2 is 1.14 bits per heavy atom. The Bertz CT molecular complexity index is 235. The number of hydrogen-bond acceptors (Lipinski definition) is 1. The van der Waals surface area contributed by atoms with E-state index < -0.39 is 0 Å². The number of nitrogens with zero attached hydrogens (tertiary/aromatic N) is 1. The fourth-order valence-corrected chi connectivity index (χ4v) is 3.05. The minimum atomic E-state index is -0.186. The van der Waals surface area contributed by atoms with Crippen molar-refractivity contribution in [3.05, 3.63) is 0 Å². The largest absolute Gasteiger partial charge is 1.00 e. The van der Waals surface area contributed by atoms with Gasteiger partial charge < -0.3 is 16.9 Å². The Kier molecular flexibility index (Phi) is 16.9. The molecule has 0 aliphatic heterocycles. The Labute approximate surface area is 143 Å². The maximum absolute atomic E-state index is 10.6. The Morgan fingerprint density at radius 1 is 0.762 bits per heavy atom. The molecule has 0 atom stereocenters. The predicted octanol–water partition coefficient (Wildman–Crippen LogP) is 2.14. The van der Waals surface area contributed by atoms with Crippen LogP contribution in [0.3, 0.4) is 0 Å². The zero-order chi connectivity index (χ0) is 15.3. The molecule has 21 heavy (non-hydrogen) atoms. The van der Waals surface area contributed by atoms with Gasteiger partial charge in [-0.3, -0.25) is 4.79 Å². The van der Waals surface area contributed by atoms with Gasteiger partial charge in [0.1, 0.15) is 0 Å². The standard InChI is InChI=1S/C17H35ClNO.ClH/c1-4-19(5-2,6-3)16-14-12-10-8-7-9-11-13-15-17(18)20;/h4-16H2,1-3H3;1H/q+1;/p-1. The molecule has 0 aliphatic rings. The normalized spacial score (nSPS) is 11.2. The average molecular weight is 340 g/mol. The number of unbranched alkanes of at least 4 members (excludes halogenated alkanes) is 7. The summed E-state index contributed by atoms with van der Waals surface area (Å²) in [5.41, 5.74) is 0. The van der Waals surface area contributed by atoms with Gasteiger partial charge in [0.2, 0.25) is 5.24 Å². The molecular weight excluding hydrogens is 305 g/mol. The molecule has 0 spiro atoms. The van der Waals surface area contributed by atoms with Gasteiger partial charge in [-0.25, -0.2) is 0 Å². The van der Waals surface area contributed by atoms with Crippen molar-refractivity contribution >= 4 is 16.8 Å². The van der Waals surface area contributed by atoms with Crippen LogP contribution in [0.1, 0.15) is 78.6 Å². The Hall–Kier alpha value is 0.210. The van der Waals surface area contributed by atoms with E-state index in [1.807, 2.05) is 0 Å². The van der Waals surface area contributed by atoms with E-state index in [9.17, 15) is 4.79 Å². The summed E-state index contributed by atoms with van der Waals surface area (Å²) in [4.78, 5) is 10.6. The third-order valence-electron chi connectivity index (χ3n) is 4.77. The lowest BCUT2D eigenvalue weighted by Crippen LogP contribution is -3.00. The molecular formula is C17H35Cl2NO. The predicted molar refractivity (Wildman–Crippen MR) is 89.2 cm³/mol. The molecule has 128 valence electrons. The van der Waals surface area contributed by atoms with E-state index >= 15 is 0 Å². The summed E-state index contributed by atoms with van der Waals surface area (Å²) >= 11 is 5.31. The van der Waals surface area contributed by atoms with Crippen LogP contribution in [0, 0.1) is 0 Å². The van der Waals surface area contributed by atoms with E-state index in [1.165, 1.54) is 69.2 Å². The highest BCUT2D eigenvalue weighted by Crippen LogP contribution is 2.13. The lowest BCUT2D eigenvalue weighted by atomic mass is 10.1. The molecule has 0 aliphatic carbocycles. The van der Waals surface area contributed by atoms with Crippen LogP contribution in [0.4, 0.5) is 0 Å². The van der Waals surface area contributed by atoms with Crippen molar-refractivity contribution in [2.24, 2.45) is 0 Å². The van der Waals surface area contributed by atoms with E-state index in [0.717, 1.165) is 12.8 Å². The molecule has 0 aromatic carbocycles. The average Bonchev–Trinajstić information content (AvgIpc) is 2.45. The van der Waals surface area contributed by atoms with Crippen LogP contribution in [0.25, 0.3) is 0 Å². The van der Waals surface area contributed by atoms with Gasteiger partial charge in [0.25, 0.3) is 0 Å². The quantitative estimate of drug-likeness (QED) is 0.269. The molecule has 0 heterocycles. The minimum absolute atomic E-state index is 0. The molecule has 0 N–H and O–H groups in total. The van der Waals surface area contributed by atoms with E-state index in [4.69, 9.17) is 11.6 Å². The first-order valence-corrected chi connectivity index (χ1v) is 9.01. The lowest BCUT2D eigenvalue weighted by Gasteiger charge is -2.35. The topological polar surface area (TPSA) is 17.1 Å². The van der Waals surface area contributed by atoms with Gasteiger partial charge in [-0.05, 0) is 51.6 Å². The second-order valence-electron chi connectivity index (χ2n) is 5.95. The zero-order valence-electron chi connectivity index (χ0n) is 14.3. The number of hydrogen-bond donors (Lipinski definition) is 0. The summed E-state index contributed by atoms with van der Waals surface area (Å²) in [6.07, 6.45) is 10.7. The van der Waals surface area contributed by atoms with Crippen LogP contribution in [0.5, 0.6) is 0 Å². The van der Waals surface area contributed by atoms with Crippen LogP contribution in [0.2, 0.25) is 0 Å². The maximum Gasteiger partial charge on any atom is 0.221 e. The number of rotatable bonds is 14. The summed E-state index contributed by atoms with van der Waals surface area (Å²) in [6.45, 7) is 12.1. The second kappa shape index (κ2) is 15.1. The zero-order valence-corrected chi connectivity index (χ0v) is 15.8. The molecule has 0 aromatic heterocycles. The molecule has 0 aromatic rings. The maximum atomic E-state index is 10.6. The minimum Gasteiger partial charge on any atom is -1.00 e. The monoisotopic (exact) mass is 339 g/mol. The molecule has 0 saturated heterocycles. The number of halogens is 2. The third kappa shape index (κ3) is 12.4. The smallest absolute Gasteiger partial charge is 0.221 e. The van der Waals surface area contributed by atoms with Crippen molar-refractivity contribution in [2.45, 2.75) is 78.6 Å². The number of quaternary nitrogens is 1. The van der Waals surface area contributed by atoms with Gasteiger partial charge >= 0.3 is 0 Å². The highest BCUT2D eigenvalue weighted by molar-refractivity contribution is 6.63. The fourth-order valence-electron chi connectivity index (χ4n) is 2.92. The lowest BCUT2D eigenvalue weighted by molar-refractivity contribution is -0.923. The van der Waals surface area contributed by atoms with Gasteiger partial charge in [0, 0.05) is 6.42 Å². The van der Waals surface area contributed by atoms with Gasteiger partial charge in [-0.15, -0.1) is 0 Å². The summed E-state index contributed by atoms with van der Waals surface area (Å²) in [5.74, 6) is 0. The molecule has 0 fully saturated rings. The molecule has 0 radical (unpaired) electrons. The van der Waals surface area contributed by atoms with E-state index in [0.29, 0.717) is 6.42 Å². The highest BCUT2D eigenvalue weighted by atomic mass is 35.5. The van der Waals surface area contributed by atoms with Gasteiger partial charge in [-0.1, -0.05) is 32.1 Å². The molecule has 0 amide bonds. The highest BCUT2D eigenvalue weighted by Gasteiger charge is 2.19. The molecule has 0 unspecified atom stereocenters. The number of carbonyl (C=O) groups excluding carboxylic acids is 1. The van der Waals surface area contributed by atoms with Crippen molar-refractivity contribution in [1.29, 1.82) is 0 Å². The summed E-state index contributed by atoms with van der Waals surface area (Å²) in [6, 6.07) is 0. The van der Waals surface area contributed by atoms with Crippen molar-refractivity contribution < 1.29 is 21.7 Å². The first kappa shape index (κ1) is 23.5. The fraction of sp³-hybridized carbons (Fsp3) is 0.941. The summed E-state index contributed by atoms with van der Waals surface area (Å²) in [7, 11) is 0. The first-order valence-electron chi connectivity index (χ1n) is 8.63. The van der Waals surface area contributed by atoms with Gasteiger partial charge in [-0.2, -0.15) is 0 Å². The van der Waals surface area contributed by atoms with Crippen molar-refractivity contribution in [2.75, 3.05) is 26.2 Å². The van der Waals surface area contributed by atoms with Crippen LogP contribution in [0.15, 0.2) is 0 Å². The molecule has 2 nitrogen and oxygen atoms in total. The Morgan fingerprint density at radius 3 is 1.52 bits per heavy atom. The molecule has 0 saturated carbocycles. The summed E-state index contributed by atoms with van der Waals surface area (Å²) in [5, 5.41) is -0.186. The van der Waals surface area contributed by atoms with Crippen LogP contribution in [-0.2, 0) is 4.79 Å². The van der Waals surface area contributed by atoms with Crippen molar-refractivity contribution in [3.8, 4) is 0 Å². The van der Waals surface area contributed by atoms with Crippen molar-refractivity contribution in [1.82, 2.24) is 0 Å². The third-order valence-corrected chi connectivity index (χ3v) is 4.96. The number of carbonyl (C=O) groups is 1. The van der Waals surface area contributed by atoms with E-state index in [2.05, 4.69) is 20.8 Å². The molecule has 0 rings (SSSR count). The van der Waals surface area contributed by atoms with E-state index in [1.54, 1.807) is 0 Å². The van der Waals surface area contributed by atoms with Gasteiger partial charge in [0.05, 0.1) is 26.2 Å². The molecule has 0 bridgehead atoms.